The van der Waals surface area contributed by atoms with Crippen molar-refractivity contribution in [3.8, 4) is 0 Å². The quantitative estimate of drug-likeness (QED) is 0.768. The minimum atomic E-state index is -0.336. The zero-order valence-corrected chi connectivity index (χ0v) is 13.8. The fourth-order valence-electron chi connectivity index (χ4n) is 3.21. The molecule has 1 fully saturated rings. The fourth-order valence-corrected chi connectivity index (χ4v) is 3.21. The van der Waals surface area contributed by atoms with Gasteiger partial charge in [0.15, 0.2) is 0 Å². The molecule has 4 rings (SSSR count). The topological polar surface area (TPSA) is 61.0 Å². The van der Waals surface area contributed by atoms with Crippen molar-refractivity contribution < 1.29 is 9.18 Å². The summed E-state index contributed by atoms with van der Waals surface area (Å²) in [5.74, 6) is 0.365. The van der Waals surface area contributed by atoms with E-state index in [1.54, 1.807) is 24.4 Å². The van der Waals surface area contributed by atoms with E-state index in [4.69, 9.17) is 0 Å². The smallest absolute Gasteiger partial charge is 0.267 e. The van der Waals surface area contributed by atoms with Gasteiger partial charge < -0.3 is 15.2 Å². The zero-order chi connectivity index (χ0) is 17.2. The summed E-state index contributed by atoms with van der Waals surface area (Å²) in [6.07, 6.45) is 4.16. The van der Waals surface area contributed by atoms with Gasteiger partial charge in [-0.25, -0.2) is 9.37 Å². The van der Waals surface area contributed by atoms with E-state index in [0.717, 1.165) is 24.5 Å². The third-order valence-corrected chi connectivity index (χ3v) is 4.55. The lowest BCUT2D eigenvalue weighted by molar-refractivity contribution is 0.0946. The highest BCUT2D eigenvalue weighted by Crippen LogP contribution is 2.20. The number of halogens is 1. The molecule has 2 aromatic heterocycles. The summed E-state index contributed by atoms with van der Waals surface area (Å²) in [7, 11) is 0. The van der Waals surface area contributed by atoms with Crippen molar-refractivity contribution in [1.29, 1.82) is 0 Å². The number of aromatic amines is 1. The molecule has 0 atom stereocenters. The number of fused-ring (bicyclic) bond motifs is 1. The number of pyridine rings is 1. The van der Waals surface area contributed by atoms with Gasteiger partial charge in [0.05, 0.1) is 0 Å². The van der Waals surface area contributed by atoms with Gasteiger partial charge >= 0.3 is 0 Å². The summed E-state index contributed by atoms with van der Waals surface area (Å²) < 4.78 is 13.7. The lowest BCUT2D eigenvalue weighted by Gasteiger charge is -2.16. The second-order valence-electron chi connectivity index (χ2n) is 6.28. The van der Waals surface area contributed by atoms with Gasteiger partial charge in [0.1, 0.15) is 17.3 Å². The van der Waals surface area contributed by atoms with E-state index < -0.39 is 0 Å². The largest absolute Gasteiger partial charge is 0.357 e. The molecule has 25 heavy (non-hydrogen) atoms. The minimum Gasteiger partial charge on any atom is -0.357 e. The van der Waals surface area contributed by atoms with Gasteiger partial charge in [-0.3, -0.25) is 4.79 Å². The number of benzene rings is 1. The van der Waals surface area contributed by atoms with E-state index in [1.165, 1.54) is 18.9 Å². The number of hydrogen-bond acceptors (Lipinski definition) is 3. The molecule has 0 unspecified atom stereocenters. The maximum absolute atomic E-state index is 13.7. The third-order valence-electron chi connectivity index (χ3n) is 4.55. The molecule has 1 aromatic carbocycles. The van der Waals surface area contributed by atoms with Gasteiger partial charge in [-0.15, -0.1) is 0 Å². The van der Waals surface area contributed by atoms with Crippen LogP contribution in [0, 0.1) is 5.82 Å². The first-order valence-corrected chi connectivity index (χ1v) is 8.46. The summed E-state index contributed by atoms with van der Waals surface area (Å²) in [4.78, 5) is 22.0. The minimum absolute atomic E-state index is 0.255. The summed E-state index contributed by atoms with van der Waals surface area (Å²) in [6, 6.07) is 10.2. The molecule has 1 amide bonds. The van der Waals surface area contributed by atoms with Crippen LogP contribution >= 0.6 is 0 Å². The number of carbonyl (C=O) groups is 1. The zero-order valence-electron chi connectivity index (χ0n) is 13.8. The van der Waals surface area contributed by atoms with Crippen LogP contribution in [0.15, 0.2) is 42.6 Å². The molecule has 3 aromatic rings. The Morgan fingerprint density at radius 3 is 2.88 bits per heavy atom. The van der Waals surface area contributed by atoms with E-state index >= 15 is 0 Å². The van der Waals surface area contributed by atoms with Gasteiger partial charge in [0.2, 0.25) is 0 Å². The van der Waals surface area contributed by atoms with E-state index in [-0.39, 0.29) is 11.7 Å². The number of aromatic nitrogens is 2. The lowest BCUT2D eigenvalue weighted by atomic mass is 10.2. The van der Waals surface area contributed by atoms with Crippen LogP contribution in [0.4, 0.5) is 10.2 Å². The molecule has 5 nitrogen and oxygen atoms in total. The molecule has 0 saturated carbocycles. The van der Waals surface area contributed by atoms with Gasteiger partial charge in [-0.2, -0.15) is 0 Å². The van der Waals surface area contributed by atoms with E-state index in [0.29, 0.717) is 23.1 Å². The molecule has 1 aliphatic rings. The number of hydrogen-bond donors (Lipinski definition) is 2. The Labute approximate surface area is 144 Å². The standard InChI is InChI=1S/C19H19FN4O/c20-15-4-3-5-16-14(15)11-17(23-16)19(25)22-12-13-6-7-21-18(10-13)24-8-1-2-9-24/h3-7,10-11,23H,1-2,8-9,12H2,(H,22,25). The first-order valence-electron chi connectivity index (χ1n) is 8.46. The highest BCUT2D eigenvalue weighted by Gasteiger charge is 2.14. The fraction of sp³-hybridized carbons (Fsp3) is 0.263. The van der Waals surface area contributed by atoms with Crippen LogP contribution in [-0.4, -0.2) is 29.0 Å². The highest BCUT2D eigenvalue weighted by atomic mass is 19.1. The maximum Gasteiger partial charge on any atom is 0.267 e. The van der Waals surface area contributed by atoms with Crippen LogP contribution in [0.25, 0.3) is 10.9 Å². The Hall–Kier alpha value is -2.89. The van der Waals surface area contributed by atoms with Crippen LogP contribution in [0.2, 0.25) is 0 Å². The first kappa shape index (κ1) is 15.6. The van der Waals surface area contributed by atoms with Crippen LogP contribution in [0.5, 0.6) is 0 Å². The molecular weight excluding hydrogens is 319 g/mol. The van der Waals surface area contributed by atoms with Crippen LogP contribution in [0.1, 0.15) is 28.9 Å². The van der Waals surface area contributed by atoms with Crippen LogP contribution in [-0.2, 0) is 6.54 Å². The van der Waals surface area contributed by atoms with Gasteiger partial charge in [-0.1, -0.05) is 6.07 Å². The number of nitrogens with one attached hydrogen (secondary N) is 2. The Morgan fingerprint density at radius 2 is 2.08 bits per heavy atom. The number of anilines is 1. The Morgan fingerprint density at radius 1 is 1.24 bits per heavy atom. The average molecular weight is 338 g/mol. The van der Waals surface area contributed by atoms with Crippen LogP contribution < -0.4 is 10.2 Å². The average Bonchev–Trinajstić information content (AvgIpc) is 3.30. The lowest BCUT2D eigenvalue weighted by Crippen LogP contribution is -2.24. The van der Waals surface area contributed by atoms with Gasteiger partial charge in [-0.05, 0) is 48.7 Å². The van der Waals surface area contributed by atoms with E-state index in [1.807, 2.05) is 12.1 Å². The molecule has 2 N–H and O–H groups in total. The summed E-state index contributed by atoms with van der Waals surface area (Å²) in [5.41, 5.74) is 1.96. The van der Waals surface area contributed by atoms with Crippen molar-refractivity contribution in [3.05, 3.63) is 59.7 Å². The first-order chi connectivity index (χ1) is 12.2. The molecule has 0 radical (unpaired) electrons. The molecule has 0 aliphatic carbocycles. The van der Waals surface area contributed by atoms with Crippen molar-refractivity contribution in [2.45, 2.75) is 19.4 Å². The number of rotatable bonds is 4. The van der Waals surface area contributed by atoms with Crippen molar-refractivity contribution in [1.82, 2.24) is 15.3 Å². The Balaban J connectivity index is 1.46. The van der Waals surface area contributed by atoms with Crippen molar-refractivity contribution in [2.24, 2.45) is 0 Å². The highest BCUT2D eigenvalue weighted by molar-refractivity contribution is 5.98. The molecule has 128 valence electrons. The summed E-state index contributed by atoms with van der Waals surface area (Å²) >= 11 is 0. The normalized spacial score (nSPS) is 14.2. The second kappa shape index (κ2) is 6.55. The molecule has 0 spiro atoms. The summed E-state index contributed by atoms with van der Waals surface area (Å²) in [6.45, 7) is 2.47. The van der Waals surface area contributed by atoms with Crippen LogP contribution in [0.3, 0.4) is 0 Å². The van der Waals surface area contributed by atoms with E-state index in [9.17, 15) is 9.18 Å². The maximum atomic E-state index is 13.7. The molecule has 3 heterocycles. The van der Waals surface area contributed by atoms with Crippen molar-refractivity contribution >= 4 is 22.6 Å². The summed E-state index contributed by atoms with van der Waals surface area (Å²) in [5, 5.41) is 3.30. The number of nitrogens with zero attached hydrogens (tertiary/aromatic N) is 2. The van der Waals surface area contributed by atoms with E-state index in [2.05, 4.69) is 20.2 Å². The van der Waals surface area contributed by atoms with Crippen molar-refractivity contribution in [3.63, 3.8) is 0 Å². The van der Waals surface area contributed by atoms with Gasteiger partial charge in [0, 0.05) is 36.7 Å². The van der Waals surface area contributed by atoms with Gasteiger partial charge in [0.25, 0.3) is 5.91 Å². The molecule has 1 saturated heterocycles. The molecule has 1 aliphatic heterocycles. The predicted molar refractivity (Wildman–Crippen MR) is 95.1 cm³/mol. The number of H-pyrrole nitrogens is 1. The molecule has 0 bridgehead atoms. The molecule has 6 heteroatoms. The third kappa shape index (κ3) is 3.20. The number of amides is 1. The SMILES string of the molecule is O=C(NCc1ccnc(N2CCCC2)c1)c1cc2c(F)cccc2[nH]1. The Kier molecular flexibility index (Phi) is 4.09. The Bertz CT molecular complexity index is 915. The van der Waals surface area contributed by atoms with Crippen molar-refractivity contribution in [2.75, 3.05) is 18.0 Å². The molecular formula is C19H19FN4O. The second-order valence-corrected chi connectivity index (χ2v) is 6.28. The predicted octanol–water partition coefficient (Wildman–Crippen LogP) is 3.23. The monoisotopic (exact) mass is 338 g/mol. The number of carbonyl (C=O) groups excluding carboxylic acids is 1.